The molecule has 0 radical (unpaired) electrons. The third-order valence-corrected chi connectivity index (χ3v) is 9.59. The molecular weight excluding hydrogens is 722 g/mol. The molecular formula is C40H51N7O9. The molecule has 2 aliphatic heterocycles. The third-order valence-electron chi connectivity index (χ3n) is 9.59. The van der Waals surface area contributed by atoms with E-state index in [1.807, 2.05) is 20.8 Å². The standard InChI is InChI=1S/C40H51N7O9/c1-40(2,3)56-39(53)46-21-19-45(20-22-46)17-8-12-33(48)44-29-10-6-9-27-28(15-16-41-35(27)29)37(51)43-25-34(49)47-18-7-11-30(47)36(50)38(52)42-24-26-13-14-31(54-4)32(23-26)55-5/h6,9-10,13-16,23,30H,7-8,11-12,17-22,24-25H2,1-5H3,(H,42,52)(H,43,51)(H,44,48)/t30-/m0/s1. The molecule has 0 spiro atoms. The summed E-state index contributed by atoms with van der Waals surface area (Å²) < 4.78 is 16.0. The van der Waals surface area contributed by atoms with Gasteiger partial charge in [-0.25, -0.2) is 4.79 Å². The fourth-order valence-corrected chi connectivity index (χ4v) is 6.73. The minimum atomic E-state index is -0.938. The molecule has 0 saturated carbocycles. The molecule has 16 heteroatoms. The maximum atomic E-state index is 13.4. The van der Waals surface area contributed by atoms with Crippen LogP contribution >= 0.6 is 0 Å². The van der Waals surface area contributed by atoms with Crippen LogP contribution in [0.15, 0.2) is 48.7 Å². The van der Waals surface area contributed by atoms with Crippen molar-refractivity contribution < 1.29 is 43.0 Å². The molecule has 1 atom stereocenters. The van der Waals surface area contributed by atoms with E-state index < -0.39 is 35.1 Å². The maximum Gasteiger partial charge on any atom is 0.410 e. The highest BCUT2D eigenvalue weighted by Gasteiger charge is 2.37. The van der Waals surface area contributed by atoms with E-state index in [1.54, 1.807) is 41.3 Å². The Bertz CT molecular complexity index is 1940. The van der Waals surface area contributed by atoms with Crippen LogP contribution in [-0.4, -0.2) is 127 Å². The fourth-order valence-electron chi connectivity index (χ4n) is 6.73. The number of pyridine rings is 1. The Morgan fingerprint density at radius 2 is 1.64 bits per heavy atom. The number of para-hydroxylation sites is 1. The van der Waals surface area contributed by atoms with Gasteiger partial charge in [-0.15, -0.1) is 0 Å². The number of rotatable bonds is 14. The predicted octanol–water partition coefficient (Wildman–Crippen LogP) is 3.13. The Morgan fingerprint density at radius 3 is 2.36 bits per heavy atom. The number of Topliss-reactive ketones (excluding diaryl/α,β-unsaturated/α-hetero) is 1. The quantitative estimate of drug-likeness (QED) is 0.204. The lowest BCUT2D eigenvalue weighted by Crippen LogP contribution is -2.50. The fraction of sp³-hybridized carbons (Fsp3) is 0.475. The van der Waals surface area contributed by atoms with Gasteiger partial charge in [0.25, 0.3) is 11.8 Å². The first kappa shape index (κ1) is 41.4. The highest BCUT2D eigenvalue weighted by atomic mass is 16.6. The molecule has 0 bridgehead atoms. The highest BCUT2D eigenvalue weighted by Crippen LogP contribution is 2.28. The zero-order valence-electron chi connectivity index (χ0n) is 32.6. The number of ether oxygens (including phenoxy) is 3. The zero-order valence-corrected chi connectivity index (χ0v) is 32.6. The molecule has 16 nitrogen and oxygen atoms in total. The van der Waals surface area contributed by atoms with Gasteiger partial charge in [0.2, 0.25) is 17.6 Å². The van der Waals surface area contributed by atoms with Gasteiger partial charge in [-0.2, -0.15) is 0 Å². The molecule has 3 aromatic rings. The number of methoxy groups -OCH3 is 2. The molecule has 56 heavy (non-hydrogen) atoms. The Hall–Kier alpha value is -5.77. The molecule has 2 fully saturated rings. The summed E-state index contributed by atoms with van der Waals surface area (Å²) >= 11 is 0. The summed E-state index contributed by atoms with van der Waals surface area (Å²) in [4.78, 5) is 87.5. The first-order chi connectivity index (χ1) is 26.8. The molecule has 0 aliphatic carbocycles. The van der Waals surface area contributed by atoms with Gasteiger partial charge in [-0.3, -0.25) is 33.9 Å². The number of likely N-dealkylation sites (tertiary alicyclic amines) is 1. The van der Waals surface area contributed by atoms with Crippen molar-refractivity contribution in [3.63, 3.8) is 0 Å². The van der Waals surface area contributed by atoms with Crippen LogP contribution in [-0.2, 0) is 30.5 Å². The molecule has 3 N–H and O–H groups in total. The van der Waals surface area contributed by atoms with Crippen molar-refractivity contribution in [2.45, 2.75) is 64.6 Å². The minimum Gasteiger partial charge on any atom is -0.493 e. The number of aromatic nitrogens is 1. The Balaban J connectivity index is 1.10. The second-order valence-corrected chi connectivity index (χ2v) is 14.7. The number of piperazine rings is 1. The number of carbonyl (C=O) groups is 6. The number of nitrogens with zero attached hydrogens (tertiary/aromatic N) is 4. The zero-order chi connectivity index (χ0) is 40.4. The number of nitrogens with one attached hydrogen (secondary N) is 3. The normalized spacial score (nSPS) is 15.9. The van der Waals surface area contributed by atoms with E-state index >= 15 is 0 Å². The average molecular weight is 774 g/mol. The third kappa shape index (κ3) is 10.7. The summed E-state index contributed by atoms with van der Waals surface area (Å²) in [6.45, 7) is 8.71. The Labute approximate surface area is 326 Å². The van der Waals surface area contributed by atoms with Crippen molar-refractivity contribution in [3.8, 4) is 11.5 Å². The lowest BCUT2D eigenvalue weighted by Gasteiger charge is -2.35. The minimum absolute atomic E-state index is 0.0740. The molecule has 2 aromatic carbocycles. The lowest BCUT2D eigenvalue weighted by molar-refractivity contribution is -0.144. The second-order valence-electron chi connectivity index (χ2n) is 14.7. The largest absolute Gasteiger partial charge is 0.493 e. The number of amides is 5. The van der Waals surface area contributed by atoms with Crippen molar-refractivity contribution in [2.75, 3.05) is 65.3 Å². The van der Waals surface area contributed by atoms with Crippen LogP contribution in [0, 0.1) is 0 Å². The number of hydrogen-bond donors (Lipinski definition) is 3. The summed E-state index contributed by atoms with van der Waals surface area (Å²) in [7, 11) is 3.02. The summed E-state index contributed by atoms with van der Waals surface area (Å²) in [6.07, 6.45) is 2.90. The molecule has 1 aromatic heterocycles. The van der Waals surface area contributed by atoms with Gasteiger partial charge < -0.3 is 40.0 Å². The number of hydrogen-bond acceptors (Lipinski definition) is 11. The molecule has 5 rings (SSSR count). The van der Waals surface area contributed by atoms with Gasteiger partial charge in [0.15, 0.2) is 11.5 Å². The summed E-state index contributed by atoms with van der Waals surface area (Å²) in [5.74, 6) is -1.74. The van der Waals surface area contributed by atoms with Crippen LogP contribution in [0.5, 0.6) is 11.5 Å². The van der Waals surface area contributed by atoms with E-state index in [2.05, 4.69) is 25.8 Å². The van der Waals surface area contributed by atoms with Gasteiger partial charge >= 0.3 is 6.09 Å². The van der Waals surface area contributed by atoms with Gasteiger partial charge in [-0.05, 0) is 76.4 Å². The van der Waals surface area contributed by atoms with Crippen molar-refractivity contribution in [1.82, 2.24) is 30.3 Å². The predicted molar refractivity (Wildman–Crippen MR) is 207 cm³/mol. The summed E-state index contributed by atoms with van der Waals surface area (Å²) in [5.41, 5.74) is 1.28. The van der Waals surface area contributed by atoms with E-state index in [1.165, 1.54) is 31.4 Å². The Morgan fingerprint density at radius 1 is 0.893 bits per heavy atom. The van der Waals surface area contributed by atoms with Crippen molar-refractivity contribution in [1.29, 1.82) is 0 Å². The van der Waals surface area contributed by atoms with Crippen LogP contribution in [0.25, 0.3) is 10.9 Å². The van der Waals surface area contributed by atoms with Crippen LogP contribution in [0.2, 0.25) is 0 Å². The van der Waals surface area contributed by atoms with Crippen LogP contribution < -0.4 is 25.4 Å². The van der Waals surface area contributed by atoms with Crippen molar-refractivity contribution in [3.05, 3.63) is 59.8 Å². The monoisotopic (exact) mass is 773 g/mol. The van der Waals surface area contributed by atoms with Gasteiger partial charge in [0.1, 0.15) is 11.6 Å². The molecule has 2 saturated heterocycles. The SMILES string of the molecule is COc1ccc(CNC(=O)C(=O)[C@@H]2CCCN2C(=O)CNC(=O)c2ccnc3c(NC(=O)CCCN4CCN(C(=O)OC(C)(C)C)CC4)cccc23)cc1OC. The number of fused-ring (bicyclic) bond motifs is 1. The van der Waals surface area contributed by atoms with Gasteiger partial charge in [0.05, 0.1) is 37.5 Å². The van der Waals surface area contributed by atoms with E-state index in [4.69, 9.17) is 14.2 Å². The number of carbonyl (C=O) groups excluding carboxylic acids is 6. The van der Waals surface area contributed by atoms with Gasteiger partial charge in [0, 0.05) is 57.3 Å². The molecule has 2 aliphatic rings. The highest BCUT2D eigenvalue weighted by molar-refractivity contribution is 6.38. The van der Waals surface area contributed by atoms with Gasteiger partial charge in [-0.1, -0.05) is 18.2 Å². The van der Waals surface area contributed by atoms with Crippen molar-refractivity contribution >= 4 is 52.1 Å². The lowest BCUT2D eigenvalue weighted by atomic mass is 10.1. The van der Waals surface area contributed by atoms with Crippen molar-refractivity contribution in [2.24, 2.45) is 0 Å². The smallest absolute Gasteiger partial charge is 0.410 e. The number of anilines is 1. The maximum absolute atomic E-state index is 13.4. The first-order valence-electron chi connectivity index (χ1n) is 18.8. The second kappa shape index (κ2) is 18.7. The molecule has 3 heterocycles. The van der Waals surface area contributed by atoms with Crippen LogP contribution in [0.1, 0.15) is 62.4 Å². The summed E-state index contributed by atoms with van der Waals surface area (Å²) in [5, 5.41) is 8.67. The molecule has 5 amide bonds. The number of benzene rings is 2. The number of ketones is 1. The van der Waals surface area contributed by atoms with Crippen LogP contribution in [0.3, 0.4) is 0 Å². The van der Waals surface area contributed by atoms with E-state index in [0.29, 0.717) is 85.6 Å². The van der Waals surface area contributed by atoms with E-state index in [0.717, 1.165) is 0 Å². The topological polar surface area (TPSA) is 189 Å². The molecule has 300 valence electrons. The summed E-state index contributed by atoms with van der Waals surface area (Å²) in [6, 6.07) is 10.9. The molecule has 0 unspecified atom stereocenters. The van der Waals surface area contributed by atoms with E-state index in [-0.39, 0.29) is 43.6 Å². The first-order valence-corrected chi connectivity index (χ1v) is 18.8. The average Bonchev–Trinajstić information content (AvgIpc) is 3.68. The Kier molecular flexibility index (Phi) is 13.8. The van der Waals surface area contributed by atoms with E-state index in [9.17, 15) is 28.8 Å². The van der Waals surface area contributed by atoms with Crippen LogP contribution in [0.4, 0.5) is 10.5 Å².